The van der Waals surface area contributed by atoms with Crippen molar-refractivity contribution in [2.45, 2.75) is 90.1 Å². The van der Waals surface area contributed by atoms with Gasteiger partial charge in [-0.15, -0.1) is 0 Å². The topological polar surface area (TPSA) is 112 Å². The van der Waals surface area contributed by atoms with Crippen molar-refractivity contribution in [1.29, 1.82) is 0 Å². The van der Waals surface area contributed by atoms with Gasteiger partial charge < -0.3 is 9.51 Å². The molecule has 3 aromatic heterocycles. The van der Waals surface area contributed by atoms with Crippen molar-refractivity contribution in [2.75, 3.05) is 0 Å². The second-order valence-corrected chi connectivity index (χ2v) is 8.67. The number of nitrogens with zero attached hydrogens (tertiary/aromatic N) is 5. The van der Waals surface area contributed by atoms with Gasteiger partial charge >= 0.3 is 5.69 Å². The van der Waals surface area contributed by atoms with E-state index in [9.17, 15) is 9.59 Å². The predicted octanol–water partition coefficient (Wildman–Crippen LogP) is 3.79. The van der Waals surface area contributed by atoms with E-state index in [-0.39, 0.29) is 22.0 Å². The first-order valence-corrected chi connectivity index (χ1v) is 11.7. The third-order valence-electron chi connectivity index (χ3n) is 6.04. The van der Waals surface area contributed by atoms with Crippen molar-refractivity contribution in [3.8, 4) is 0 Å². The summed E-state index contributed by atoms with van der Waals surface area (Å²) in [6, 6.07) is 0. The third-order valence-corrected chi connectivity index (χ3v) is 6.22. The zero-order valence-corrected chi connectivity index (χ0v) is 18.7. The maximum atomic E-state index is 13.0. The van der Waals surface area contributed by atoms with Crippen molar-refractivity contribution in [3.63, 3.8) is 0 Å². The summed E-state index contributed by atoms with van der Waals surface area (Å²) in [5.74, 6) is 1.85. The molecule has 0 amide bonds. The van der Waals surface area contributed by atoms with Gasteiger partial charge in [0, 0.05) is 25.4 Å². The van der Waals surface area contributed by atoms with Gasteiger partial charge in [-0.3, -0.25) is 13.9 Å². The highest BCUT2D eigenvalue weighted by Crippen LogP contribution is 2.32. The first-order chi connectivity index (χ1) is 15.1. The lowest BCUT2D eigenvalue weighted by molar-refractivity contribution is 0.349. The van der Waals surface area contributed by atoms with Gasteiger partial charge in [-0.2, -0.15) is 9.97 Å². The molecule has 168 valence electrons. The van der Waals surface area contributed by atoms with Crippen LogP contribution in [0.15, 0.2) is 14.1 Å². The minimum absolute atomic E-state index is 0.115. The molecule has 9 nitrogen and oxygen atoms in total. The summed E-state index contributed by atoms with van der Waals surface area (Å²) in [4.78, 5) is 37.3. The lowest BCUT2D eigenvalue weighted by atomic mass is 10.1. The number of aryl methyl sites for hydroxylation is 2. The van der Waals surface area contributed by atoms with E-state index in [4.69, 9.17) is 16.1 Å². The van der Waals surface area contributed by atoms with Crippen molar-refractivity contribution in [2.24, 2.45) is 0 Å². The Morgan fingerprint density at radius 1 is 1.06 bits per heavy atom. The maximum absolute atomic E-state index is 13.0. The van der Waals surface area contributed by atoms with Crippen molar-refractivity contribution < 1.29 is 4.52 Å². The lowest BCUT2D eigenvalue weighted by Crippen LogP contribution is -2.40. The number of halogens is 1. The highest BCUT2D eigenvalue weighted by atomic mass is 35.5. The summed E-state index contributed by atoms with van der Waals surface area (Å²) in [6.07, 6.45) is 9.64. The van der Waals surface area contributed by atoms with Crippen LogP contribution in [0.25, 0.3) is 11.2 Å². The quantitative estimate of drug-likeness (QED) is 0.373. The Bertz CT molecular complexity index is 1140. The number of nitrogens with one attached hydrogen (secondary N) is 1. The Kier molecular flexibility index (Phi) is 6.89. The molecule has 31 heavy (non-hydrogen) atoms. The number of aromatic nitrogens is 6. The van der Waals surface area contributed by atoms with E-state index in [0.29, 0.717) is 43.3 Å². The number of fused-ring (bicyclic) bond motifs is 1. The van der Waals surface area contributed by atoms with Crippen LogP contribution < -0.4 is 11.2 Å². The molecule has 3 heterocycles. The van der Waals surface area contributed by atoms with Crippen LogP contribution >= 0.6 is 11.6 Å². The molecule has 1 saturated carbocycles. The van der Waals surface area contributed by atoms with E-state index < -0.39 is 0 Å². The van der Waals surface area contributed by atoms with Gasteiger partial charge in [-0.05, 0) is 43.7 Å². The normalized spacial score (nSPS) is 14.8. The van der Waals surface area contributed by atoms with Crippen LogP contribution in [0.1, 0.15) is 82.3 Å². The van der Waals surface area contributed by atoms with Gasteiger partial charge in [0.2, 0.25) is 11.2 Å². The Hall–Kier alpha value is -2.42. The van der Waals surface area contributed by atoms with Gasteiger partial charge in [0.1, 0.15) is 0 Å². The summed E-state index contributed by atoms with van der Waals surface area (Å²) < 4.78 is 8.26. The smallest absolute Gasteiger partial charge is 0.332 e. The Morgan fingerprint density at radius 2 is 1.81 bits per heavy atom. The summed E-state index contributed by atoms with van der Waals surface area (Å²) in [5.41, 5.74) is -0.104. The van der Waals surface area contributed by atoms with Crippen molar-refractivity contribution in [3.05, 3.63) is 37.8 Å². The summed E-state index contributed by atoms with van der Waals surface area (Å²) in [6.45, 7) is 2.94. The van der Waals surface area contributed by atoms with E-state index in [1.54, 1.807) is 4.57 Å². The number of hydrogen-bond donors (Lipinski definition) is 1. The minimum Gasteiger partial charge on any atom is -0.339 e. The van der Waals surface area contributed by atoms with Crippen LogP contribution in [0.3, 0.4) is 0 Å². The number of rotatable bonds is 10. The van der Waals surface area contributed by atoms with Gasteiger partial charge in [-0.1, -0.05) is 37.8 Å². The molecule has 10 heteroatoms. The molecule has 0 unspecified atom stereocenters. The highest BCUT2D eigenvalue weighted by Gasteiger charge is 2.23. The number of imidazole rings is 1. The largest absolute Gasteiger partial charge is 0.339 e. The van der Waals surface area contributed by atoms with Crippen LogP contribution in [-0.2, 0) is 19.5 Å². The first-order valence-electron chi connectivity index (χ1n) is 11.3. The molecule has 0 radical (unpaired) electrons. The molecule has 0 aromatic carbocycles. The van der Waals surface area contributed by atoms with Gasteiger partial charge in [0.05, 0.1) is 0 Å². The molecule has 1 fully saturated rings. The Labute approximate surface area is 184 Å². The first kappa shape index (κ1) is 21.8. The molecular formula is C21H29ClN6O3. The van der Waals surface area contributed by atoms with Crippen LogP contribution in [0.5, 0.6) is 0 Å². The third kappa shape index (κ3) is 4.76. The average Bonchev–Trinajstić information content (AvgIpc) is 3.50. The number of H-pyrrole nitrogens is 1. The number of aromatic amines is 1. The minimum atomic E-state index is -0.380. The van der Waals surface area contributed by atoms with E-state index in [2.05, 4.69) is 27.0 Å². The maximum Gasteiger partial charge on any atom is 0.332 e. The molecule has 0 aliphatic heterocycles. The second kappa shape index (κ2) is 9.80. The second-order valence-electron chi connectivity index (χ2n) is 8.31. The lowest BCUT2D eigenvalue weighted by Gasteiger charge is -2.11. The predicted molar refractivity (Wildman–Crippen MR) is 118 cm³/mol. The molecule has 4 rings (SSSR count). The molecule has 0 saturated heterocycles. The van der Waals surface area contributed by atoms with Crippen LogP contribution in [0.4, 0.5) is 0 Å². The molecule has 0 spiro atoms. The fraction of sp³-hybridized carbons (Fsp3) is 0.667. The standard InChI is InChI=1S/C21H29ClN6O3/c1-2-3-7-12-27-17-16(24-20(22)25-17)19(29)28(21(27)30)13-8-6-11-15-23-18(31-26-15)14-9-4-5-10-14/h14H,2-13H2,1H3,(H,24,25). The van der Waals surface area contributed by atoms with Crippen LogP contribution in [0, 0.1) is 0 Å². The van der Waals surface area contributed by atoms with E-state index in [1.165, 1.54) is 17.4 Å². The number of unbranched alkanes of at least 4 members (excludes halogenated alkanes) is 3. The van der Waals surface area contributed by atoms with Crippen molar-refractivity contribution >= 4 is 22.8 Å². The summed E-state index contributed by atoms with van der Waals surface area (Å²) in [7, 11) is 0. The molecule has 1 N–H and O–H groups in total. The zero-order chi connectivity index (χ0) is 21.8. The molecule has 0 atom stereocenters. The van der Waals surface area contributed by atoms with Gasteiger partial charge in [0.15, 0.2) is 17.0 Å². The fourth-order valence-corrected chi connectivity index (χ4v) is 4.49. The molecule has 1 aliphatic carbocycles. The van der Waals surface area contributed by atoms with Crippen LogP contribution in [-0.4, -0.2) is 29.2 Å². The van der Waals surface area contributed by atoms with Gasteiger partial charge in [0.25, 0.3) is 5.56 Å². The molecular weight excluding hydrogens is 420 g/mol. The molecule has 3 aromatic rings. The summed E-state index contributed by atoms with van der Waals surface area (Å²) >= 11 is 5.98. The van der Waals surface area contributed by atoms with Crippen LogP contribution in [0.2, 0.25) is 5.28 Å². The average molecular weight is 449 g/mol. The van der Waals surface area contributed by atoms with E-state index in [1.807, 2.05) is 0 Å². The Morgan fingerprint density at radius 3 is 2.58 bits per heavy atom. The highest BCUT2D eigenvalue weighted by molar-refractivity contribution is 6.28. The van der Waals surface area contributed by atoms with Crippen molar-refractivity contribution in [1.82, 2.24) is 29.2 Å². The summed E-state index contributed by atoms with van der Waals surface area (Å²) in [5, 5.41) is 4.21. The SMILES string of the molecule is CCCCCn1c(=O)n(CCCCc2noc(C3CCCC3)n2)c(=O)c2[nH]c(Cl)nc21. The van der Waals surface area contributed by atoms with Gasteiger partial charge in [-0.25, -0.2) is 4.79 Å². The molecule has 1 aliphatic rings. The van der Waals surface area contributed by atoms with E-state index >= 15 is 0 Å². The monoisotopic (exact) mass is 448 g/mol. The fourth-order valence-electron chi connectivity index (χ4n) is 4.32. The zero-order valence-electron chi connectivity index (χ0n) is 17.9. The van der Waals surface area contributed by atoms with E-state index in [0.717, 1.165) is 44.4 Å². The number of hydrogen-bond acceptors (Lipinski definition) is 6. The molecule has 0 bridgehead atoms. The Balaban J connectivity index is 1.44.